The standard InChI is InChI=1S/C10H15SSi/c1-10(2,3)12(11)9-7-5-4-6-8-9/h4-8,12H,1-3H3. The molecule has 0 aliphatic heterocycles. The third kappa shape index (κ3) is 2.39. The first-order valence-corrected chi connectivity index (χ1v) is 7.26. The molecule has 0 saturated heterocycles. The van der Waals surface area contributed by atoms with E-state index in [0.29, 0.717) is 5.04 Å². The topological polar surface area (TPSA) is 0 Å². The summed E-state index contributed by atoms with van der Waals surface area (Å²) in [4.78, 5) is 0. The highest BCUT2D eigenvalue weighted by Crippen LogP contribution is 2.28. The van der Waals surface area contributed by atoms with E-state index in [1.165, 1.54) is 5.19 Å². The second kappa shape index (κ2) is 3.67. The third-order valence-electron chi connectivity index (χ3n) is 1.89. The summed E-state index contributed by atoms with van der Waals surface area (Å²) in [6.45, 7) is 6.72. The summed E-state index contributed by atoms with van der Waals surface area (Å²) < 4.78 is 0. The summed E-state index contributed by atoms with van der Waals surface area (Å²) in [6.07, 6.45) is 0. The molecule has 0 aliphatic rings. The molecule has 0 spiro atoms. The molecule has 1 aromatic carbocycles. The van der Waals surface area contributed by atoms with Crippen molar-refractivity contribution >= 4 is 25.2 Å². The minimum Gasteiger partial charge on any atom is -0.125 e. The summed E-state index contributed by atoms with van der Waals surface area (Å²) in [5.74, 6) is 0. The molecule has 1 unspecified atom stereocenters. The van der Waals surface area contributed by atoms with E-state index in [0.717, 1.165) is 0 Å². The fourth-order valence-electron chi connectivity index (χ4n) is 1.13. The summed E-state index contributed by atoms with van der Waals surface area (Å²) >= 11 is 5.58. The monoisotopic (exact) mass is 195 g/mol. The van der Waals surface area contributed by atoms with E-state index in [1.807, 2.05) is 6.07 Å². The van der Waals surface area contributed by atoms with Crippen LogP contribution in [0.1, 0.15) is 20.8 Å². The Morgan fingerprint density at radius 1 is 1.08 bits per heavy atom. The Hall–Kier alpha value is -0.213. The molecule has 0 bridgehead atoms. The van der Waals surface area contributed by atoms with Crippen molar-refractivity contribution in [3.8, 4) is 0 Å². The second-order valence-corrected chi connectivity index (χ2v) is 8.73. The van der Waals surface area contributed by atoms with Crippen molar-refractivity contribution in [2.24, 2.45) is 0 Å². The first-order valence-electron chi connectivity index (χ1n) is 4.22. The van der Waals surface area contributed by atoms with Gasteiger partial charge in [0, 0.05) is 0 Å². The number of hydrogen-bond acceptors (Lipinski definition) is 0. The largest absolute Gasteiger partial charge is 0.150 e. The van der Waals surface area contributed by atoms with Gasteiger partial charge in [0.05, 0.1) is 0 Å². The quantitative estimate of drug-likeness (QED) is 0.604. The zero-order valence-electron chi connectivity index (χ0n) is 7.87. The highest BCUT2D eigenvalue weighted by Gasteiger charge is 2.24. The fourth-order valence-corrected chi connectivity index (χ4v) is 3.17. The third-order valence-corrected chi connectivity index (χ3v) is 7.39. The van der Waals surface area contributed by atoms with Crippen LogP contribution in [-0.2, 0) is 0 Å². The molecule has 12 heavy (non-hydrogen) atoms. The number of hydrogen-bond donors (Lipinski definition) is 0. The van der Waals surface area contributed by atoms with Crippen molar-refractivity contribution in [3.63, 3.8) is 0 Å². The molecule has 1 atom stereocenters. The first-order chi connectivity index (χ1) is 5.52. The van der Waals surface area contributed by atoms with Crippen molar-refractivity contribution in [1.29, 1.82) is 0 Å². The van der Waals surface area contributed by atoms with Gasteiger partial charge in [-0.1, -0.05) is 51.1 Å². The van der Waals surface area contributed by atoms with E-state index in [4.69, 9.17) is 12.1 Å². The molecule has 0 heterocycles. The van der Waals surface area contributed by atoms with Gasteiger partial charge in [0.25, 0.3) is 0 Å². The Morgan fingerprint density at radius 2 is 1.58 bits per heavy atom. The molecule has 1 aromatic rings. The SMILES string of the molecule is CC(C)(C)[SiH]([S])c1ccccc1. The van der Waals surface area contributed by atoms with Crippen LogP contribution >= 0.6 is 12.1 Å². The van der Waals surface area contributed by atoms with E-state index in [-0.39, 0.29) is 0 Å². The predicted molar refractivity (Wildman–Crippen MR) is 60.5 cm³/mol. The van der Waals surface area contributed by atoms with Crippen LogP contribution in [0.3, 0.4) is 0 Å². The maximum atomic E-state index is 5.58. The molecular weight excluding hydrogens is 180 g/mol. The Balaban J connectivity index is 2.86. The molecule has 0 amide bonds. The van der Waals surface area contributed by atoms with E-state index in [1.54, 1.807) is 0 Å². The van der Waals surface area contributed by atoms with Crippen molar-refractivity contribution in [1.82, 2.24) is 0 Å². The Labute approximate surface area is 81.7 Å². The fraction of sp³-hybridized carbons (Fsp3) is 0.400. The maximum Gasteiger partial charge on any atom is 0.150 e. The van der Waals surface area contributed by atoms with Gasteiger partial charge in [0.15, 0.2) is 7.95 Å². The molecule has 65 valence electrons. The summed E-state index contributed by atoms with van der Waals surface area (Å²) in [7, 11) is -1.17. The molecule has 2 heteroatoms. The number of rotatable bonds is 1. The van der Waals surface area contributed by atoms with Gasteiger partial charge in [0.2, 0.25) is 0 Å². The molecule has 1 rings (SSSR count). The minimum atomic E-state index is -1.17. The summed E-state index contributed by atoms with van der Waals surface area (Å²) in [6, 6.07) is 10.5. The highest BCUT2D eigenvalue weighted by molar-refractivity contribution is 8.12. The van der Waals surface area contributed by atoms with Crippen LogP contribution in [0.2, 0.25) is 5.04 Å². The Morgan fingerprint density at radius 3 is 2.00 bits per heavy atom. The van der Waals surface area contributed by atoms with Crippen molar-refractivity contribution in [2.45, 2.75) is 25.8 Å². The summed E-state index contributed by atoms with van der Waals surface area (Å²) in [5.41, 5.74) is 0. The van der Waals surface area contributed by atoms with Crippen molar-refractivity contribution in [2.75, 3.05) is 0 Å². The zero-order valence-corrected chi connectivity index (χ0v) is 9.84. The van der Waals surface area contributed by atoms with Gasteiger partial charge in [-0.25, -0.2) is 0 Å². The van der Waals surface area contributed by atoms with Gasteiger partial charge >= 0.3 is 0 Å². The molecule has 0 aromatic heterocycles. The normalized spacial score (nSPS) is 14.3. The first kappa shape index (κ1) is 9.87. The van der Waals surface area contributed by atoms with Crippen LogP contribution in [0, 0.1) is 0 Å². The lowest BCUT2D eigenvalue weighted by atomic mass is 10.2. The highest BCUT2D eigenvalue weighted by atomic mass is 32.3. The molecule has 0 aliphatic carbocycles. The van der Waals surface area contributed by atoms with Gasteiger partial charge in [0.1, 0.15) is 0 Å². The number of benzene rings is 1. The van der Waals surface area contributed by atoms with Crippen LogP contribution in [0.25, 0.3) is 0 Å². The van der Waals surface area contributed by atoms with Gasteiger partial charge in [-0.3, -0.25) is 0 Å². The van der Waals surface area contributed by atoms with E-state index >= 15 is 0 Å². The zero-order chi connectivity index (χ0) is 9.19. The minimum absolute atomic E-state index is 0.316. The average Bonchev–Trinajstić information content (AvgIpc) is 2.03. The Kier molecular flexibility index (Phi) is 3.02. The average molecular weight is 195 g/mol. The van der Waals surface area contributed by atoms with Gasteiger partial charge in [-0.2, -0.15) is 0 Å². The molecule has 1 radical (unpaired) electrons. The van der Waals surface area contributed by atoms with Crippen LogP contribution in [0.5, 0.6) is 0 Å². The van der Waals surface area contributed by atoms with Crippen molar-refractivity contribution < 1.29 is 0 Å². The Bertz CT molecular complexity index is 238. The van der Waals surface area contributed by atoms with Gasteiger partial charge in [-0.05, 0) is 10.2 Å². The second-order valence-electron chi connectivity index (χ2n) is 4.16. The van der Waals surface area contributed by atoms with Gasteiger partial charge in [-0.15, -0.1) is 12.1 Å². The molecular formula is C10H15SSi. The molecule has 0 saturated carbocycles. The van der Waals surface area contributed by atoms with Crippen LogP contribution in [-0.4, -0.2) is 7.95 Å². The lowest BCUT2D eigenvalue weighted by molar-refractivity contribution is 0.756. The van der Waals surface area contributed by atoms with Gasteiger partial charge < -0.3 is 0 Å². The lowest BCUT2D eigenvalue weighted by Crippen LogP contribution is -2.33. The smallest absolute Gasteiger partial charge is 0.125 e. The lowest BCUT2D eigenvalue weighted by Gasteiger charge is -2.24. The van der Waals surface area contributed by atoms with E-state index < -0.39 is 7.95 Å². The van der Waals surface area contributed by atoms with Crippen LogP contribution in [0.4, 0.5) is 0 Å². The molecule has 0 nitrogen and oxygen atoms in total. The van der Waals surface area contributed by atoms with Crippen LogP contribution < -0.4 is 5.19 Å². The van der Waals surface area contributed by atoms with E-state index in [2.05, 4.69) is 45.0 Å². The van der Waals surface area contributed by atoms with Crippen LogP contribution in [0.15, 0.2) is 30.3 Å². The van der Waals surface area contributed by atoms with E-state index in [9.17, 15) is 0 Å². The molecule has 0 N–H and O–H groups in total. The predicted octanol–water partition coefficient (Wildman–Crippen LogP) is 2.62. The maximum absolute atomic E-state index is 5.58. The summed E-state index contributed by atoms with van der Waals surface area (Å²) in [5, 5.41) is 1.71. The van der Waals surface area contributed by atoms with Crippen molar-refractivity contribution in [3.05, 3.63) is 30.3 Å². The molecule has 0 fully saturated rings.